The van der Waals surface area contributed by atoms with Gasteiger partial charge >= 0.3 is 5.97 Å². The number of carboxylic acid groups (broad SMARTS) is 1. The van der Waals surface area contributed by atoms with Crippen LogP contribution in [0.1, 0.15) is 41.0 Å². The molecule has 2 bridgehead atoms. The fourth-order valence-corrected chi connectivity index (χ4v) is 5.71. The Labute approximate surface area is 171 Å². The van der Waals surface area contributed by atoms with Gasteiger partial charge in [0.2, 0.25) is 11.8 Å². The number of aliphatic hydroxyl groups excluding tert-OH is 1. The molecule has 3 unspecified atom stereocenters. The van der Waals surface area contributed by atoms with Crippen molar-refractivity contribution in [3.05, 3.63) is 12.7 Å². The number of carboxylic acids is 1. The summed E-state index contributed by atoms with van der Waals surface area (Å²) >= 11 is 0. The number of carbonyl (C=O) groups is 3. The molecule has 29 heavy (non-hydrogen) atoms. The quantitative estimate of drug-likeness (QED) is 0.632. The van der Waals surface area contributed by atoms with Crippen LogP contribution in [0.5, 0.6) is 0 Å². The van der Waals surface area contributed by atoms with Gasteiger partial charge in [-0.3, -0.25) is 14.4 Å². The molecule has 0 radical (unpaired) electrons. The number of amides is 2. The number of ether oxygens (including phenoxy) is 1. The Morgan fingerprint density at radius 3 is 2.52 bits per heavy atom. The van der Waals surface area contributed by atoms with Crippen LogP contribution in [0.3, 0.4) is 0 Å². The minimum Gasteiger partial charge on any atom is -0.481 e. The van der Waals surface area contributed by atoms with Crippen LogP contribution in [0, 0.1) is 17.8 Å². The normalized spacial score (nSPS) is 38.3. The van der Waals surface area contributed by atoms with E-state index in [2.05, 4.69) is 6.58 Å². The minimum absolute atomic E-state index is 0.0413. The van der Waals surface area contributed by atoms with Gasteiger partial charge in [0.15, 0.2) is 0 Å². The zero-order chi connectivity index (χ0) is 21.9. The first-order chi connectivity index (χ1) is 13.4. The predicted molar refractivity (Wildman–Crippen MR) is 105 cm³/mol. The molecule has 2 amide bonds. The highest BCUT2D eigenvalue weighted by Gasteiger charge is 2.80. The molecule has 3 heterocycles. The van der Waals surface area contributed by atoms with Gasteiger partial charge in [0.05, 0.1) is 18.1 Å². The van der Waals surface area contributed by atoms with E-state index < -0.39 is 46.5 Å². The lowest BCUT2D eigenvalue weighted by Crippen LogP contribution is -2.60. The monoisotopic (exact) mass is 408 g/mol. The van der Waals surface area contributed by atoms with Gasteiger partial charge in [-0.2, -0.15) is 0 Å². The Morgan fingerprint density at radius 1 is 1.41 bits per heavy atom. The van der Waals surface area contributed by atoms with E-state index in [-0.39, 0.29) is 31.5 Å². The van der Waals surface area contributed by atoms with Gasteiger partial charge in [0.25, 0.3) is 0 Å². The second kappa shape index (κ2) is 6.80. The van der Waals surface area contributed by atoms with Crippen molar-refractivity contribution >= 4 is 17.8 Å². The molecule has 162 valence electrons. The molecular weight excluding hydrogens is 376 g/mol. The summed E-state index contributed by atoms with van der Waals surface area (Å²) in [6.45, 7) is 13.0. The van der Waals surface area contributed by atoms with Gasteiger partial charge in [-0.25, -0.2) is 0 Å². The van der Waals surface area contributed by atoms with Gasteiger partial charge in [-0.1, -0.05) is 13.0 Å². The molecule has 0 aromatic rings. The number of likely N-dealkylation sites (tertiary alicyclic amines) is 1. The standard InChI is InChI=1S/C21H32N2O6/c1-7-8-23(19(3,4)5)17(26)15-21-11-12(2)20(6,29-21)14(18(27)28)13(21)16(25)22(15)9-10-24/h7,12-15,24H,1,8-11H2,2-6H3,(H,27,28)/t12?,13-,14-,15?,20+,21?/m0/s1. The fraction of sp³-hybridized carbons (Fsp3) is 0.762. The van der Waals surface area contributed by atoms with E-state index in [1.165, 1.54) is 4.90 Å². The van der Waals surface area contributed by atoms with Crippen LogP contribution in [-0.4, -0.2) is 80.3 Å². The molecular formula is C21H32N2O6. The third-order valence-corrected chi connectivity index (χ3v) is 7.04. The summed E-state index contributed by atoms with van der Waals surface area (Å²) < 4.78 is 6.38. The number of nitrogens with zero attached hydrogens (tertiary/aromatic N) is 2. The molecule has 3 aliphatic rings. The van der Waals surface area contributed by atoms with Crippen LogP contribution in [0.15, 0.2) is 12.7 Å². The van der Waals surface area contributed by atoms with Crippen molar-refractivity contribution in [1.29, 1.82) is 0 Å². The van der Waals surface area contributed by atoms with Crippen LogP contribution < -0.4 is 0 Å². The fourth-order valence-electron chi connectivity index (χ4n) is 5.71. The van der Waals surface area contributed by atoms with Crippen LogP contribution in [0.25, 0.3) is 0 Å². The van der Waals surface area contributed by atoms with E-state index in [9.17, 15) is 24.6 Å². The van der Waals surface area contributed by atoms with Crippen LogP contribution >= 0.6 is 0 Å². The number of rotatable bonds is 6. The molecule has 0 saturated carbocycles. The van der Waals surface area contributed by atoms with Gasteiger partial charge in [-0.05, 0) is 40.0 Å². The van der Waals surface area contributed by atoms with Crippen molar-refractivity contribution in [2.45, 2.75) is 63.8 Å². The third kappa shape index (κ3) is 2.83. The molecule has 3 fully saturated rings. The van der Waals surface area contributed by atoms with Crippen molar-refractivity contribution in [1.82, 2.24) is 9.80 Å². The lowest BCUT2D eigenvalue weighted by Gasteiger charge is -2.42. The number of aliphatic carboxylic acids is 1. The number of hydrogen-bond acceptors (Lipinski definition) is 5. The lowest BCUT2D eigenvalue weighted by atomic mass is 9.62. The number of carbonyl (C=O) groups excluding carboxylic acids is 2. The Bertz CT molecular complexity index is 746. The molecule has 8 heteroatoms. The zero-order valence-electron chi connectivity index (χ0n) is 17.8. The van der Waals surface area contributed by atoms with E-state index in [1.54, 1.807) is 17.9 Å². The van der Waals surface area contributed by atoms with Gasteiger partial charge < -0.3 is 24.7 Å². The van der Waals surface area contributed by atoms with E-state index in [0.717, 1.165) is 0 Å². The second-order valence-corrected chi connectivity index (χ2v) is 9.71. The van der Waals surface area contributed by atoms with E-state index in [1.807, 2.05) is 27.7 Å². The summed E-state index contributed by atoms with van der Waals surface area (Å²) in [4.78, 5) is 42.3. The SMILES string of the molecule is C=CCN(C(=O)C1N(CCO)C(=O)[C@@H]2[C@@H](C(=O)O)[C@]3(C)OC12CC3C)C(C)(C)C. The third-order valence-electron chi connectivity index (χ3n) is 7.04. The van der Waals surface area contributed by atoms with Gasteiger partial charge in [0.1, 0.15) is 17.6 Å². The molecule has 3 aliphatic heterocycles. The average Bonchev–Trinajstić information content (AvgIpc) is 3.09. The molecule has 1 spiro atoms. The highest BCUT2D eigenvalue weighted by molar-refractivity contribution is 5.98. The van der Waals surface area contributed by atoms with Crippen molar-refractivity contribution in [2.24, 2.45) is 17.8 Å². The molecule has 3 rings (SSSR count). The van der Waals surface area contributed by atoms with Crippen LogP contribution in [0.4, 0.5) is 0 Å². The Hall–Kier alpha value is -1.93. The molecule has 0 aromatic heterocycles. The summed E-state index contributed by atoms with van der Waals surface area (Å²) in [6.07, 6.45) is 2.05. The summed E-state index contributed by atoms with van der Waals surface area (Å²) in [5, 5.41) is 19.5. The van der Waals surface area contributed by atoms with Crippen LogP contribution in [0.2, 0.25) is 0 Å². The molecule has 8 nitrogen and oxygen atoms in total. The summed E-state index contributed by atoms with van der Waals surface area (Å²) in [6, 6.07) is -0.972. The average molecular weight is 408 g/mol. The topological polar surface area (TPSA) is 107 Å². The second-order valence-electron chi connectivity index (χ2n) is 9.71. The number of hydrogen-bond donors (Lipinski definition) is 2. The Balaban J connectivity index is 2.15. The number of aliphatic hydroxyl groups is 1. The maximum Gasteiger partial charge on any atom is 0.310 e. The van der Waals surface area contributed by atoms with Crippen molar-refractivity contribution in [3.8, 4) is 0 Å². The van der Waals surface area contributed by atoms with Gasteiger partial charge in [0, 0.05) is 18.6 Å². The first kappa shape index (κ1) is 21.8. The largest absolute Gasteiger partial charge is 0.481 e. The molecule has 0 aliphatic carbocycles. The van der Waals surface area contributed by atoms with Crippen molar-refractivity contribution in [3.63, 3.8) is 0 Å². The highest BCUT2D eigenvalue weighted by atomic mass is 16.5. The summed E-state index contributed by atoms with van der Waals surface area (Å²) in [7, 11) is 0. The van der Waals surface area contributed by atoms with E-state index in [0.29, 0.717) is 6.42 Å². The Morgan fingerprint density at radius 2 is 2.03 bits per heavy atom. The maximum absolute atomic E-state index is 13.8. The molecule has 6 atom stereocenters. The lowest BCUT2D eigenvalue weighted by molar-refractivity contribution is -0.159. The van der Waals surface area contributed by atoms with E-state index >= 15 is 0 Å². The zero-order valence-corrected chi connectivity index (χ0v) is 17.8. The first-order valence-corrected chi connectivity index (χ1v) is 10.1. The Kier molecular flexibility index (Phi) is 5.11. The van der Waals surface area contributed by atoms with Crippen molar-refractivity contribution < 1.29 is 29.3 Å². The van der Waals surface area contributed by atoms with Crippen molar-refractivity contribution in [2.75, 3.05) is 19.7 Å². The minimum atomic E-state index is -1.20. The van der Waals surface area contributed by atoms with E-state index in [4.69, 9.17) is 4.74 Å². The molecule has 3 saturated heterocycles. The molecule has 2 N–H and O–H groups in total. The summed E-state index contributed by atoms with van der Waals surface area (Å²) in [5.41, 5.74) is -2.75. The number of fused-ring (bicyclic) bond motifs is 1. The molecule has 0 aromatic carbocycles. The van der Waals surface area contributed by atoms with Gasteiger partial charge in [-0.15, -0.1) is 6.58 Å². The first-order valence-electron chi connectivity index (χ1n) is 10.1. The number of β-amino-alcohol motifs (C(OH)–C–C–N with tert-alkyl or cyclic N) is 1. The predicted octanol–water partition coefficient (Wildman–Crippen LogP) is 0.887. The maximum atomic E-state index is 13.8. The smallest absolute Gasteiger partial charge is 0.310 e. The highest BCUT2D eigenvalue weighted by Crippen LogP contribution is 2.65. The van der Waals surface area contributed by atoms with Crippen LogP contribution in [-0.2, 0) is 19.1 Å². The summed E-state index contributed by atoms with van der Waals surface area (Å²) in [5.74, 6) is -3.90.